The van der Waals surface area contributed by atoms with E-state index >= 15 is 0 Å². The molecule has 0 spiro atoms. The summed E-state index contributed by atoms with van der Waals surface area (Å²) in [7, 11) is 3.23. The fourth-order valence-corrected chi connectivity index (χ4v) is 3.97. The number of ether oxygens (including phenoxy) is 3. The largest absolute Gasteiger partial charge is 0.493 e. The molecule has 0 radical (unpaired) electrons. The standard InChI is InChI=1S/C26H27NO4/c1-18(13-14-19-9-5-4-6-10-19)31-24-17-20(15-16-23(24)29-2)27-25(28)21-11-7-8-12-22(21)26(27)30-3/h4-12,15-18,26H,13-14H2,1-3H3. The van der Waals surface area contributed by atoms with Crippen LogP contribution in [0.5, 0.6) is 11.5 Å². The second kappa shape index (κ2) is 9.23. The van der Waals surface area contributed by atoms with Crippen LogP contribution in [0.4, 0.5) is 5.69 Å². The van der Waals surface area contributed by atoms with Crippen molar-refractivity contribution in [2.24, 2.45) is 0 Å². The number of carbonyl (C=O) groups excluding carboxylic acids is 1. The lowest BCUT2D eigenvalue weighted by Crippen LogP contribution is -2.28. The average Bonchev–Trinajstić information content (AvgIpc) is 3.10. The van der Waals surface area contributed by atoms with Crippen molar-refractivity contribution in [3.05, 3.63) is 89.5 Å². The van der Waals surface area contributed by atoms with Crippen LogP contribution in [0.3, 0.4) is 0 Å². The Balaban J connectivity index is 1.56. The van der Waals surface area contributed by atoms with E-state index in [4.69, 9.17) is 14.2 Å². The minimum atomic E-state index is -0.472. The average molecular weight is 418 g/mol. The molecule has 0 aromatic heterocycles. The van der Waals surface area contributed by atoms with Crippen molar-refractivity contribution in [1.29, 1.82) is 0 Å². The van der Waals surface area contributed by atoms with E-state index in [-0.39, 0.29) is 12.0 Å². The van der Waals surface area contributed by atoms with Gasteiger partial charge in [-0.2, -0.15) is 0 Å². The molecule has 3 aromatic carbocycles. The molecule has 0 saturated carbocycles. The van der Waals surface area contributed by atoms with E-state index in [0.29, 0.717) is 22.7 Å². The summed E-state index contributed by atoms with van der Waals surface area (Å²) in [6.07, 6.45) is 1.30. The van der Waals surface area contributed by atoms with Crippen LogP contribution in [0.2, 0.25) is 0 Å². The van der Waals surface area contributed by atoms with Crippen LogP contribution >= 0.6 is 0 Å². The lowest BCUT2D eigenvalue weighted by atomic mass is 10.1. The smallest absolute Gasteiger partial charge is 0.261 e. The molecule has 5 nitrogen and oxygen atoms in total. The zero-order valence-corrected chi connectivity index (χ0v) is 18.1. The van der Waals surface area contributed by atoms with Crippen molar-refractivity contribution in [1.82, 2.24) is 0 Å². The van der Waals surface area contributed by atoms with Crippen LogP contribution in [0.25, 0.3) is 0 Å². The van der Waals surface area contributed by atoms with Gasteiger partial charge in [0.05, 0.1) is 18.9 Å². The van der Waals surface area contributed by atoms with Crippen LogP contribution in [-0.4, -0.2) is 26.2 Å². The Bertz CT molecular complexity index is 1050. The van der Waals surface area contributed by atoms with Gasteiger partial charge < -0.3 is 14.2 Å². The van der Waals surface area contributed by atoms with Crippen molar-refractivity contribution >= 4 is 11.6 Å². The van der Waals surface area contributed by atoms with E-state index in [1.165, 1.54) is 5.56 Å². The third kappa shape index (κ3) is 4.28. The van der Waals surface area contributed by atoms with E-state index < -0.39 is 6.23 Å². The number of hydrogen-bond donors (Lipinski definition) is 0. The molecule has 1 heterocycles. The number of methoxy groups -OCH3 is 2. The van der Waals surface area contributed by atoms with Crippen LogP contribution < -0.4 is 14.4 Å². The highest BCUT2D eigenvalue weighted by atomic mass is 16.5. The summed E-state index contributed by atoms with van der Waals surface area (Å²) < 4.78 is 17.4. The molecule has 0 N–H and O–H groups in total. The number of nitrogens with zero attached hydrogens (tertiary/aromatic N) is 1. The Hall–Kier alpha value is -3.31. The molecule has 0 aliphatic carbocycles. The minimum absolute atomic E-state index is 0.0194. The zero-order valence-electron chi connectivity index (χ0n) is 18.1. The quantitative estimate of drug-likeness (QED) is 0.492. The Kier molecular flexibility index (Phi) is 6.23. The number of hydrogen-bond acceptors (Lipinski definition) is 4. The number of anilines is 1. The molecule has 160 valence electrons. The van der Waals surface area contributed by atoms with E-state index in [2.05, 4.69) is 12.1 Å². The van der Waals surface area contributed by atoms with Gasteiger partial charge in [-0.3, -0.25) is 9.69 Å². The van der Waals surface area contributed by atoms with Crippen molar-refractivity contribution in [2.45, 2.75) is 32.1 Å². The highest BCUT2D eigenvalue weighted by Gasteiger charge is 2.38. The van der Waals surface area contributed by atoms with Crippen molar-refractivity contribution in [3.63, 3.8) is 0 Å². The molecule has 31 heavy (non-hydrogen) atoms. The number of amides is 1. The SMILES string of the molecule is COc1ccc(N2C(=O)c3ccccc3C2OC)cc1OC(C)CCc1ccccc1. The first-order chi connectivity index (χ1) is 15.1. The van der Waals surface area contributed by atoms with Gasteiger partial charge in [0.15, 0.2) is 17.7 Å². The van der Waals surface area contributed by atoms with Gasteiger partial charge in [0.25, 0.3) is 5.91 Å². The number of fused-ring (bicyclic) bond motifs is 1. The maximum atomic E-state index is 13.1. The summed E-state index contributed by atoms with van der Waals surface area (Å²) in [6, 6.07) is 23.4. The van der Waals surface area contributed by atoms with E-state index in [1.807, 2.05) is 67.6 Å². The Morgan fingerprint density at radius 2 is 1.68 bits per heavy atom. The van der Waals surface area contributed by atoms with Crippen LogP contribution in [0, 0.1) is 0 Å². The summed E-state index contributed by atoms with van der Waals surface area (Å²) in [5, 5.41) is 0. The van der Waals surface area contributed by atoms with Crippen LogP contribution in [-0.2, 0) is 11.2 Å². The van der Waals surface area contributed by atoms with Gasteiger partial charge in [-0.1, -0.05) is 48.5 Å². The number of aryl methyl sites for hydroxylation is 1. The molecule has 0 fully saturated rings. The second-order valence-corrected chi connectivity index (χ2v) is 7.64. The molecule has 0 saturated heterocycles. The van der Waals surface area contributed by atoms with Gasteiger partial charge >= 0.3 is 0 Å². The van der Waals surface area contributed by atoms with E-state index in [1.54, 1.807) is 19.1 Å². The third-order valence-corrected chi connectivity index (χ3v) is 5.57. The van der Waals surface area contributed by atoms with Crippen molar-refractivity contribution < 1.29 is 19.0 Å². The molecule has 2 unspecified atom stereocenters. The Labute approximate surface area is 183 Å². The monoisotopic (exact) mass is 417 g/mol. The number of benzene rings is 3. The van der Waals surface area contributed by atoms with Gasteiger partial charge in [0.2, 0.25) is 0 Å². The van der Waals surface area contributed by atoms with E-state index in [0.717, 1.165) is 18.4 Å². The summed E-state index contributed by atoms with van der Waals surface area (Å²) in [5.74, 6) is 1.16. The summed E-state index contributed by atoms with van der Waals surface area (Å²) >= 11 is 0. The molecule has 2 atom stereocenters. The molecule has 1 amide bonds. The fraction of sp³-hybridized carbons (Fsp3) is 0.269. The summed E-state index contributed by atoms with van der Waals surface area (Å²) in [6.45, 7) is 2.05. The molecular formula is C26H27NO4. The normalized spacial score (nSPS) is 16.2. The van der Waals surface area contributed by atoms with Gasteiger partial charge in [-0.05, 0) is 43.5 Å². The van der Waals surface area contributed by atoms with Gasteiger partial charge in [-0.15, -0.1) is 0 Å². The third-order valence-electron chi connectivity index (χ3n) is 5.57. The predicted molar refractivity (Wildman–Crippen MR) is 121 cm³/mol. The maximum Gasteiger partial charge on any atom is 0.261 e. The van der Waals surface area contributed by atoms with Gasteiger partial charge in [0, 0.05) is 24.3 Å². The summed E-state index contributed by atoms with van der Waals surface area (Å²) in [4.78, 5) is 14.7. The van der Waals surface area contributed by atoms with Crippen LogP contribution in [0.15, 0.2) is 72.8 Å². The molecule has 4 rings (SSSR count). The summed E-state index contributed by atoms with van der Waals surface area (Å²) in [5.41, 5.74) is 3.51. The number of carbonyl (C=O) groups is 1. The number of rotatable bonds is 8. The van der Waals surface area contributed by atoms with Crippen molar-refractivity contribution in [2.75, 3.05) is 19.1 Å². The first-order valence-corrected chi connectivity index (χ1v) is 10.5. The van der Waals surface area contributed by atoms with Gasteiger partial charge in [-0.25, -0.2) is 0 Å². The molecule has 1 aliphatic heterocycles. The first kappa shape index (κ1) is 20.9. The molecule has 1 aliphatic rings. The molecular weight excluding hydrogens is 390 g/mol. The van der Waals surface area contributed by atoms with Crippen molar-refractivity contribution in [3.8, 4) is 11.5 Å². The second-order valence-electron chi connectivity index (χ2n) is 7.64. The minimum Gasteiger partial charge on any atom is -0.493 e. The van der Waals surface area contributed by atoms with E-state index in [9.17, 15) is 4.79 Å². The Morgan fingerprint density at radius 3 is 2.42 bits per heavy atom. The maximum absolute atomic E-state index is 13.1. The molecule has 5 heteroatoms. The highest BCUT2D eigenvalue weighted by Crippen LogP contribution is 2.41. The molecule has 0 bridgehead atoms. The van der Waals surface area contributed by atoms with Crippen LogP contribution in [0.1, 0.15) is 41.1 Å². The fourth-order valence-electron chi connectivity index (χ4n) is 3.97. The first-order valence-electron chi connectivity index (χ1n) is 10.5. The molecule has 3 aromatic rings. The zero-order chi connectivity index (χ0) is 21.8. The topological polar surface area (TPSA) is 48.0 Å². The lowest BCUT2D eigenvalue weighted by molar-refractivity contribution is 0.0822. The predicted octanol–water partition coefficient (Wildman–Crippen LogP) is 5.40. The highest BCUT2D eigenvalue weighted by molar-refractivity contribution is 6.10. The van der Waals surface area contributed by atoms with Gasteiger partial charge in [0.1, 0.15) is 0 Å². The Morgan fingerprint density at radius 1 is 0.935 bits per heavy atom. The lowest BCUT2D eigenvalue weighted by Gasteiger charge is -2.25.